The van der Waals surface area contributed by atoms with E-state index in [0.29, 0.717) is 0 Å². The predicted molar refractivity (Wildman–Crippen MR) is 117 cm³/mol. The first-order valence-corrected chi connectivity index (χ1v) is 9.74. The number of anilines is 2. The van der Waals surface area contributed by atoms with E-state index in [9.17, 15) is 0 Å². The van der Waals surface area contributed by atoms with Gasteiger partial charge in [-0.15, -0.1) is 0 Å². The number of benzene rings is 3. The van der Waals surface area contributed by atoms with E-state index in [4.69, 9.17) is 0 Å². The summed E-state index contributed by atoms with van der Waals surface area (Å²) in [6.45, 7) is 2.99. The molecule has 0 aliphatic rings. The van der Waals surface area contributed by atoms with Crippen LogP contribution in [0, 0.1) is 0 Å². The Balaban J connectivity index is 1.67. The molecule has 3 aromatic carbocycles. The van der Waals surface area contributed by atoms with Gasteiger partial charge in [0, 0.05) is 36.5 Å². The van der Waals surface area contributed by atoms with Crippen LogP contribution >= 0.6 is 15.9 Å². The summed E-state index contributed by atoms with van der Waals surface area (Å²) in [7, 11) is 4.12. The highest BCUT2D eigenvalue weighted by molar-refractivity contribution is 9.10. The lowest BCUT2D eigenvalue weighted by Crippen LogP contribution is -2.07. The number of rotatable bonds is 6. The van der Waals surface area contributed by atoms with Crippen LogP contribution in [0.25, 0.3) is 11.1 Å². The molecule has 26 heavy (non-hydrogen) atoms. The number of hydrogen-bond acceptors (Lipinski definition) is 2. The highest BCUT2D eigenvalue weighted by atomic mass is 79.9. The van der Waals surface area contributed by atoms with Gasteiger partial charge in [0.05, 0.1) is 0 Å². The molecule has 2 nitrogen and oxygen atoms in total. The number of hydrogen-bond donors (Lipinski definition) is 1. The molecule has 0 radical (unpaired) electrons. The highest BCUT2D eigenvalue weighted by Crippen LogP contribution is 2.24. The maximum absolute atomic E-state index is 3.59. The van der Waals surface area contributed by atoms with Crippen LogP contribution in [0.3, 0.4) is 0 Å². The number of aryl methyl sites for hydroxylation is 1. The van der Waals surface area contributed by atoms with Crippen LogP contribution in [-0.4, -0.2) is 14.1 Å². The molecule has 0 bridgehead atoms. The zero-order valence-electron chi connectivity index (χ0n) is 15.6. The molecule has 0 unspecified atom stereocenters. The minimum absolute atomic E-state index is 0.819. The zero-order chi connectivity index (χ0) is 18.5. The van der Waals surface area contributed by atoms with Crippen LogP contribution in [0.5, 0.6) is 0 Å². The molecule has 0 aromatic heterocycles. The van der Waals surface area contributed by atoms with E-state index in [1.807, 2.05) is 0 Å². The lowest BCUT2D eigenvalue weighted by Gasteiger charge is -2.13. The van der Waals surface area contributed by atoms with Gasteiger partial charge in [0.15, 0.2) is 0 Å². The summed E-state index contributed by atoms with van der Waals surface area (Å²) >= 11 is 3.59. The molecule has 0 aliphatic heterocycles. The lowest BCUT2D eigenvalue weighted by molar-refractivity contribution is 1.11. The first-order valence-electron chi connectivity index (χ1n) is 8.95. The fourth-order valence-corrected chi connectivity index (χ4v) is 3.47. The van der Waals surface area contributed by atoms with Gasteiger partial charge < -0.3 is 10.2 Å². The first-order chi connectivity index (χ1) is 12.5. The molecule has 0 saturated carbocycles. The van der Waals surface area contributed by atoms with Crippen molar-refractivity contribution in [3.63, 3.8) is 0 Å². The van der Waals surface area contributed by atoms with Crippen LogP contribution in [-0.2, 0) is 13.0 Å². The molecule has 0 fully saturated rings. The summed E-state index contributed by atoms with van der Waals surface area (Å²) in [6.07, 6.45) is 1.04. The van der Waals surface area contributed by atoms with Gasteiger partial charge in [0.2, 0.25) is 0 Å². The molecule has 3 aromatic rings. The van der Waals surface area contributed by atoms with E-state index < -0.39 is 0 Å². The fraction of sp³-hybridized carbons (Fsp3) is 0.217. The van der Waals surface area contributed by atoms with Gasteiger partial charge in [-0.05, 0) is 59.0 Å². The van der Waals surface area contributed by atoms with Gasteiger partial charge in [-0.25, -0.2) is 0 Å². The molecule has 0 spiro atoms. The van der Waals surface area contributed by atoms with Crippen molar-refractivity contribution in [1.29, 1.82) is 0 Å². The SMILES string of the molecule is CCc1cc(Br)cc(NCc2ccc(-c3ccc(N(C)C)cc3)cc2)c1. The lowest BCUT2D eigenvalue weighted by atomic mass is 10.0. The summed E-state index contributed by atoms with van der Waals surface area (Å²) < 4.78 is 1.12. The average molecular weight is 409 g/mol. The Bertz CT molecular complexity index is 852. The van der Waals surface area contributed by atoms with Gasteiger partial charge in [-0.2, -0.15) is 0 Å². The normalized spacial score (nSPS) is 10.6. The Morgan fingerprint density at radius 3 is 2.00 bits per heavy atom. The largest absolute Gasteiger partial charge is 0.381 e. The molecule has 0 amide bonds. The molecule has 0 heterocycles. The van der Waals surface area contributed by atoms with E-state index in [2.05, 4.69) is 114 Å². The number of nitrogens with zero attached hydrogens (tertiary/aromatic N) is 1. The molecule has 1 N–H and O–H groups in total. The predicted octanol–water partition coefficient (Wildman–Crippen LogP) is 6.36. The van der Waals surface area contributed by atoms with Crippen LogP contribution in [0.4, 0.5) is 11.4 Å². The van der Waals surface area contributed by atoms with Crippen LogP contribution in [0.1, 0.15) is 18.1 Å². The number of nitrogens with one attached hydrogen (secondary N) is 1. The monoisotopic (exact) mass is 408 g/mol. The third kappa shape index (κ3) is 4.67. The van der Waals surface area contributed by atoms with Gasteiger partial charge in [-0.1, -0.05) is 59.3 Å². The Labute approximate surface area is 165 Å². The van der Waals surface area contributed by atoms with Crippen molar-refractivity contribution >= 4 is 27.3 Å². The summed E-state index contributed by atoms with van der Waals surface area (Å²) in [6, 6.07) is 24.0. The molecular formula is C23H25BrN2. The van der Waals surface area contributed by atoms with Crippen molar-refractivity contribution in [3.8, 4) is 11.1 Å². The third-order valence-electron chi connectivity index (χ3n) is 4.53. The van der Waals surface area contributed by atoms with Crippen molar-refractivity contribution in [2.75, 3.05) is 24.3 Å². The second-order valence-electron chi connectivity index (χ2n) is 6.69. The van der Waals surface area contributed by atoms with Crippen molar-refractivity contribution < 1.29 is 0 Å². The summed E-state index contributed by atoms with van der Waals surface area (Å²) in [5.41, 5.74) is 7.47. The van der Waals surface area contributed by atoms with Crippen LogP contribution < -0.4 is 10.2 Å². The summed E-state index contributed by atoms with van der Waals surface area (Å²) in [5.74, 6) is 0. The summed E-state index contributed by atoms with van der Waals surface area (Å²) in [4.78, 5) is 2.12. The third-order valence-corrected chi connectivity index (χ3v) is 4.99. The van der Waals surface area contributed by atoms with E-state index in [1.165, 1.54) is 27.9 Å². The molecule has 0 aliphatic carbocycles. The fourth-order valence-electron chi connectivity index (χ4n) is 2.93. The van der Waals surface area contributed by atoms with E-state index >= 15 is 0 Å². The number of halogens is 1. The highest BCUT2D eigenvalue weighted by Gasteiger charge is 2.02. The first kappa shape index (κ1) is 18.5. The van der Waals surface area contributed by atoms with Crippen molar-refractivity contribution in [2.45, 2.75) is 19.9 Å². The van der Waals surface area contributed by atoms with Gasteiger partial charge >= 0.3 is 0 Å². The standard InChI is InChI=1S/C23H25BrN2/c1-4-17-13-21(24)15-22(14-17)25-16-18-5-7-19(8-6-18)20-9-11-23(12-10-20)26(2)3/h5-15,25H,4,16H2,1-3H3. The van der Waals surface area contributed by atoms with E-state index in [1.54, 1.807) is 0 Å². The Morgan fingerprint density at radius 1 is 0.808 bits per heavy atom. The molecular weight excluding hydrogens is 384 g/mol. The second kappa shape index (κ2) is 8.41. The minimum Gasteiger partial charge on any atom is -0.381 e. The Hall–Kier alpha value is -2.26. The quantitative estimate of drug-likeness (QED) is 0.510. The van der Waals surface area contributed by atoms with Crippen molar-refractivity contribution in [3.05, 3.63) is 82.3 Å². The Morgan fingerprint density at radius 2 is 1.42 bits per heavy atom. The summed E-state index contributed by atoms with van der Waals surface area (Å²) in [5, 5.41) is 3.52. The van der Waals surface area contributed by atoms with Crippen LogP contribution in [0.2, 0.25) is 0 Å². The van der Waals surface area contributed by atoms with Gasteiger partial charge in [-0.3, -0.25) is 0 Å². The molecule has 0 atom stereocenters. The molecule has 3 rings (SSSR count). The zero-order valence-corrected chi connectivity index (χ0v) is 17.2. The maximum atomic E-state index is 3.59. The van der Waals surface area contributed by atoms with E-state index in [0.717, 1.165) is 23.1 Å². The maximum Gasteiger partial charge on any atom is 0.0400 e. The topological polar surface area (TPSA) is 15.3 Å². The van der Waals surface area contributed by atoms with Gasteiger partial charge in [0.25, 0.3) is 0 Å². The minimum atomic E-state index is 0.819. The van der Waals surface area contributed by atoms with Gasteiger partial charge in [0.1, 0.15) is 0 Å². The van der Waals surface area contributed by atoms with Crippen molar-refractivity contribution in [2.24, 2.45) is 0 Å². The second-order valence-corrected chi connectivity index (χ2v) is 7.61. The Kier molecular flexibility index (Phi) is 6.00. The molecule has 0 saturated heterocycles. The van der Waals surface area contributed by atoms with Crippen LogP contribution in [0.15, 0.2) is 71.2 Å². The van der Waals surface area contributed by atoms with Crippen molar-refractivity contribution in [1.82, 2.24) is 0 Å². The molecule has 3 heteroatoms. The smallest absolute Gasteiger partial charge is 0.0400 e. The molecule has 134 valence electrons. The van der Waals surface area contributed by atoms with E-state index in [-0.39, 0.29) is 0 Å². The average Bonchev–Trinajstić information content (AvgIpc) is 2.66.